The molecule has 0 saturated carbocycles. The third kappa shape index (κ3) is 21.3. The van der Waals surface area contributed by atoms with Gasteiger partial charge in [0.25, 0.3) is 11.8 Å². The van der Waals surface area contributed by atoms with E-state index in [0.29, 0.717) is 86.1 Å². The molecule has 14 rings (SSSR count). The average Bonchev–Trinajstić information content (AvgIpc) is 1.64. The van der Waals surface area contributed by atoms with Gasteiger partial charge in [-0.05, 0) is 140 Å². The van der Waals surface area contributed by atoms with Gasteiger partial charge in [-0.25, -0.2) is 32.3 Å². The first-order chi connectivity index (χ1) is 50.5. The number of benzene rings is 4. The number of nitrogens with one attached hydrogen (secondary N) is 3. The number of aromatic amines is 2. The summed E-state index contributed by atoms with van der Waals surface area (Å²) in [5.41, 5.74) is 19.0. The average molecular weight is 1450 g/mol. The molecule has 8 heterocycles. The maximum Gasteiger partial charge on any atom is 1.00 e. The Kier molecular flexibility index (Phi) is 30.4. The van der Waals surface area contributed by atoms with E-state index in [0.717, 1.165) is 51.6 Å². The molecule has 8 N–H and O–H groups in total. The number of alkyl halides is 2. The number of aromatic nitrogens is 8. The third-order valence-electron chi connectivity index (χ3n) is 17.4. The number of fused-ring (bicyclic) bond motifs is 4. The second kappa shape index (κ2) is 39.8. The van der Waals surface area contributed by atoms with Crippen molar-refractivity contribution in [1.29, 1.82) is 0 Å². The number of carboxylic acid groups (broad SMARTS) is 2. The van der Waals surface area contributed by atoms with Gasteiger partial charge in [-0.3, -0.25) is 32.4 Å². The summed E-state index contributed by atoms with van der Waals surface area (Å²) in [5, 5.41) is 34.5. The summed E-state index contributed by atoms with van der Waals surface area (Å²) in [4.78, 5) is 81.4. The van der Waals surface area contributed by atoms with E-state index in [1.165, 1.54) is 66.8 Å². The molecule has 5 aliphatic rings. The van der Waals surface area contributed by atoms with Crippen molar-refractivity contribution in [2.24, 2.45) is 0 Å². The molecule has 5 aromatic heterocycles. The van der Waals surface area contributed by atoms with Gasteiger partial charge in [0.1, 0.15) is 28.8 Å². The standard InChI is InChI=1S/C22H23FN4O3.C20H19FN4O3.C17H20FN3O2.C9H11N.C6H6O2.2CH3F.Li.H2O/c1-3-30-22(29)19-17-13-26(21(28)18-5-4-10-24-18)11-14(2)20(17)27(25-19)12-15-6-8-16(23)9-7-15;1-12-9-24(19(26)16-3-2-8-22-16)11-15-17(20(27)28)23-25(18(12)15)10-13-4-6-14(21)7-5-13;1-3-23-17(22)15-14-9-19-8-11(2)16(14)21(20-15)10-12-4-6-13(18)7-5-12;10-9-5-4-7-2-1-3-8(7)6-9;7-6(8)5-3-1-2-4-5;2*1-2;;/h4-10,14,24H,3,11-13H2,1-2H3;2-8,12,22H,9-11H2,1H3,(H,27,28);4-7,11,19H,3,8-10H2,1-2H3;4-6H,1-3,10H2;1-3H,4H2,(H,7,8);2*1H3;;1H2/q;;;;;;;+1;/p-1/i;;;;;2*1D;;. The summed E-state index contributed by atoms with van der Waals surface area (Å²) in [7, 11) is -2.00. The van der Waals surface area contributed by atoms with Crippen LogP contribution in [0.4, 0.5) is 27.6 Å². The predicted molar refractivity (Wildman–Crippen MR) is 378 cm³/mol. The van der Waals surface area contributed by atoms with E-state index in [2.05, 4.69) is 49.6 Å². The summed E-state index contributed by atoms with van der Waals surface area (Å²) in [5.74, 6) is -3.92. The van der Waals surface area contributed by atoms with E-state index < -0.39 is 38.2 Å². The van der Waals surface area contributed by atoms with Crippen molar-refractivity contribution < 1.29 is 97.5 Å². The zero-order valence-electron chi connectivity index (χ0n) is 61.3. The molecule has 2 amide bonds. The van der Waals surface area contributed by atoms with Gasteiger partial charge in [0.05, 0.1) is 63.0 Å². The number of ether oxygens (including phenoxy) is 2. The number of aromatic carboxylic acids is 1. The zero-order chi connectivity index (χ0) is 75.9. The van der Waals surface area contributed by atoms with Crippen LogP contribution in [-0.2, 0) is 66.4 Å². The number of nitrogens with zero attached hydrogens (tertiary/aromatic N) is 8. The SMILES string of the molecule is CC1CN(C(=O)c2ccc[nH]2)Cc2c(C(=O)O)nn(Cc3ccc(F)cc3)c21.CCOC(=O)c1nn(Cc2ccc(F)cc2)c2c1CN(C(=O)c1ccc[nH]1)CC2C.CCOC(=O)c1nn(Cc2ccc(F)cc2)c2c1CNCC2C.Nc1ccc2c(c1)CCC2.O=C(O)C1=CC=CC1.[2H]CF.[2H]CF.[Li+].[OH-]. The number of anilines is 1. The van der Waals surface area contributed by atoms with Crippen LogP contribution in [0, 0.1) is 17.5 Å². The number of H-pyrrole nitrogens is 2. The molecule has 105 heavy (non-hydrogen) atoms. The van der Waals surface area contributed by atoms with Crippen LogP contribution < -0.4 is 29.9 Å². The number of allylic oxidation sites excluding steroid dienone is 3. The van der Waals surface area contributed by atoms with E-state index in [4.69, 9.17) is 23.1 Å². The van der Waals surface area contributed by atoms with Gasteiger partial charge < -0.3 is 56.0 Å². The Morgan fingerprint density at radius 1 is 0.590 bits per heavy atom. The van der Waals surface area contributed by atoms with E-state index in [1.54, 1.807) is 118 Å². The minimum Gasteiger partial charge on any atom is -0.870 e. The number of carbonyl (C=O) groups is 6. The van der Waals surface area contributed by atoms with Crippen molar-refractivity contribution >= 4 is 41.4 Å². The molecule has 0 saturated heterocycles. The first-order valence-corrected chi connectivity index (χ1v) is 33.3. The number of halogens is 5. The molecule has 3 atom stereocenters. The van der Waals surface area contributed by atoms with Gasteiger partial charge in [-0.15, -0.1) is 0 Å². The first-order valence-electron chi connectivity index (χ1n) is 34.7. The van der Waals surface area contributed by atoms with Crippen molar-refractivity contribution in [2.45, 2.75) is 117 Å². The first kappa shape index (κ1) is 80.0. The minimum absolute atomic E-state index is 0. The Hall–Kier alpha value is -10.7. The van der Waals surface area contributed by atoms with E-state index in [9.17, 15) is 55.8 Å². The number of amides is 2. The predicted octanol–water partition coefficient (Wildman–Crippen LogP) is 9.36. The van der Waals surface area contributed by atoms with Crippen LogP contribution in [0.5, 0.6) is 0 Å². The molecule has 0 fully saturated rings. The van der Waals surface area contributed by atoms with Gasteiger partial charge in [0.2, 0.25) is 0 Å². The number of esters is 2. The largest absolute Gasteiger partial charge is 1.00 e. The molecule has 23 nitrogen and oxygen atoms in total. The molecule has 552 valence electrons. The number of nitrogens with two attached hydrogens (primary N) is 1. The summed E-state index contributed by atoms with van der Waals surface area (Å²) in [6, 6.07) is 31.7. The van der Waals surface area contributed by atoms with Crippen LogP contribution in [0.15, 0.2) is 151 Å². The quantitative estimate of drug-likeness (QED) is 0.0255. The minimum atomic E-state index is -1.13. The number of aliphatic carboxylic acids is 1. The van der Waals surface area contributed by atoms with Crippen molar-refractivity contribution in [3.8, 4) is 0 Å². The molecule has 29 heteroatoms. The fourth-order valence-electron chi connectivity index (χ4n) is 12.9. The van der Waals surface area contributed by atoms with Gasteiger partial charge in [-0.1, -0.05) is 81.5 Å². The smallest absolute Gasteiger partial charge is 0.870 e. The number of hydrogen-bond donors (Lipinski definition) is 6. The van der Waals surface area contributed by atoms with Crippen LogP contribution in [0.3, 0.4) is 0 Å². The molecular weight excluding hydrogens is 1360 g/mol. The number of hydrogen-bond acceptors (Lipinski definition) is 14. The number of rotatable bonds is 14. The molecule has 0 bridgehead atoms. The normalized spacial score (nSPS) is 15.5. The van der Waals surface area contributed by atoms with Crippen LogP contribution in [0.1, 0.15) is 182 Å². The summed E-state index contributed by atoms with van der Waals surface area (Å²) in [6.45, 7) is 14.2. The third-order valence-corrected chi connectivity index (χ3v) is 17.4. The van der Waals surface area contributed by atoms with Gasteiger partial charge in [0.15, 0.2) is 17.1 Å². The zero-order valence-corrected chi connectivity index (χ0v) is 59.3. The van der Waals surface area contributed by atoms with Gasteiger partial charge in [0, 0.05) is 101 Å². The van der Waals surface area contributed by atoms with E-state index >= 15 is 0 Å². The summed E-state index contributed by atoms with van der Waals surface area (Å²) in [6.07, 6.45) is 12.9. The van der Waals surface area contributed by atoms with E-state index in [-0.39, 0.29) is 102 Å². The summed E-state index contributed by atoms with van der Waals surface area (Å²) < 4.78 is 86.1. The van der Waals surface area contributed by atoms with Crippen LogP contribution in [0.2, 0.25) is 0 Å². The van der Waals surface area contributed by atoms with E-state index in [1.807, 2.05) is 30.7 Å². The number of aryl methyl sites for hydroxylation is 2. The molecule has 0 radical (unpaired) electrons. The molecule has 9 aromatic rings. The van der Waals surface area contributed by atoms with Crippen LogP contribution in [0.25, 0.3) is 0 Å². The Balaban J connectivity index is 0.000000216. The summed E-state index contributed by atoms with van der Waals surface area (Å²) >= 11 is 0. The second-order valence-corrected chi connectivity index (χ2v) is 24.6. The molecule has 3 unspecified atom stereocenters. The Morgan fingerprint density at radius 2 is 1.01 bits per heavy atom. The molecule has 0 spiro atoms. The Morgan fingerprint density at radius 3 is 1.40 bits per heavy atom. The van der Waals surface area contributed by atoms with Crippen molar-refractivity contribution in [2.75, 3.05) is 52.9 Å². The molecule has 4 aromatic carbocycles. The van der Waals surface area contributed by atoms with Crippen LogP contribution in [-0.4, -0.2) is 148 Å². The second-order valence-electron chi connectivity index (χ2n) is 24.6. The number of carbonyl (C=O) groups excluding carboxylic acids is 4. The maximum absolute atomic E-state index is 13.3. The molecular formula is C76H86F5LiN12O11. The molecule has 3 aliphatic heterocycles. The van der Waals surface area contributed by atoms with Crippen molar-refractivity contribution in [1.82, 2.24) is 54.4 Å². The van der Waals surface area contributed by atoms with Crippen LogP contribution >= 0.6 is 0 Å². The molecule has 2 aliphatic carbocycles. The van der Waals surface area contributed by atoms with Gasteiger partial charge >= 0.3 is 42.7 Å². The monoisotopic (exact) mass is 1450 g/mol. The Bertz CT molecular complexity index is 4480. The topological polar surface area (TPSA) is 321 Å². The maximum atomic E-state index is 13.3. The number of carboxylic acids is 2. The van der Waals surface area contributed by atoms with Crippen molar-refractivity contribution in [3.63, 3.8) is 0 Å². The van der Waals surface area contributed by atoms with Crippen molar-refractivity contribution in [3.05, 3.63) is 259 Å². The fourth-order valence-corrected chi connectivity index (χ4v) is 12.9. The fraction of sp³-hybridized carbons (Fsp3) is 0.329. The van der Waals surface area contributed by atoms with Gasteiger partial charge in [-0.2, -0.15) is 15.3 Å². The number of nitrogen functional groups attached to an aromatic ring is 1. The Labute approximate surface area is 619 Å².